The molecule has 0 saturated carbocycles. The van der Waals surface area contributed by atoms with Crippen molar-refractivity contribution in [1.82, 2.24) is 5.43 Å². The van der Waals surface area contributed by atoms with Gasteiger partial charge in [-0.05, 0) is 49.1 Å². The van der Waals surface area contributed by atoms with Crippen LogP contribution in [0.3, 0.4) is 0 Å². The second-order valence-corrected chi connectivity index (χ2v) is 5.20. The van der Waals surface area contributed by atoms with Crippen molar-refractivity contribution in [2.24, 2.45) is 5.10 Å². The van der Waals surface area contributed by atoms with E-state index in [4.69, 9.17) is 9.47 Å². The highest BCUT2D eigenvalue weighted by molar-refractivity contribution is 7.12. The Balaban J connectivity index is 2.04. The summed E-state index contributed by atoms with van der Waals surface area (Å²) in [7, 11) is 0. The number of carbonyl (C=O) groups excluding carboxylic acids is 1. The van der Waals surface area contributed by atoms with Crippen molar-refractivity contribution >= 4 is 23.5 Å². The molecule has 116 valence electrons. The quantitative estimate of drug-likeness (QED) is 0.629. The Morgan fingerprint density at radius 2 is 2.00 bits per heavy atom. The van der Waals surface area contributed by atoms with Crippen molar-refractivity contribution in [3.05, 3.63) is 46.2 Å². The van der Waals surface area contributed by atoms with Crippen molar-refractivity contribution in [3.63, 3.8) is 0 Å². The van der Waals surface area contributed by atoms with Gasteiger partial charge in [0, 0.05) is 0 Å². The molecular formula is C16H18N2O3S. The molecule has 0 saturated heterocycles. The highest BCUT2D eigenvalue weighted by Gasteiger charge is 2.06. The smallest absolute Gasteiger partial charge is 0.281 e. The molecule has 1 heterocycles. The molecule has 22 heavy (non-hydrogen) atoms. The van der Waals surface area contributed by atoms with E-state index >= 15 is 0 Å². The molecule has 2 rings (SSSR count). The summed E-state index contributed by atoms with van der Waals surface area (Å²) in [6.07, 6.45) is 1.57. The maximum Gasteiger partial charge on any atom is 0.281 e. The van der Waals surface area contributed by atoms with Gasteiger partial charge in [0.05, 0.1) is 24.3 Å². The Morgan fingerprint density at radius 1 is 1.23 bits per heavy atom. The number of hydrazone groups is 1. The SMILES string of the molecule is CCOc1ccc(/C=N\NC(=O)c2cccs2)cc1OCC. The molecule has 1 aromatic heterocycles. The van der Waals surface area contributed by atoms with E-state index in [2.05, 4.69) is 10.5 Å². The van der Waals surface area contributed by atoms with Crippen LogP contribution in [-0.2, 0) is 0 Å². The van der Waals surface area contributed by atoms with E-state index in [1.165, 1.54) is 11.3 Å². The van der Waals surface area contributed by atoms with E-state index in [0.717, 1.165) is 5.56 Å². The number of carbonyl (C=O) groups is 1. The summed E-state index contributed by atoms with van der Waals surface area (Å²) in [5.74, 6) is 1.14. The van der Waals surface area contributed by atoms with Crippen molar-refractivity contribution in [2.75, 3.05) is 13.2 Å². The molecule has 1 aromatic carbocycles. The molecule has 5 nitrogen and oxygen atoms in total. The lowest BCUT2D eigenvalue weighted by atomic mass is 10.2. The Morgan fingerprint density at radius 3 is 2.68 bits per heavy atom. The summed E-state index contributed by atoms with van der Waals surface area (Å²) in [4.78, 5) is 12.4. The van der Waals surface area contributed by atoms with Crippen molar-refractivity contribution in [2.45, 2.75) is 13.8 Å². The normalized spacial score (nSPS) is 10.6. The van der Waals surface area contributed by atoms with Gasteiger partial charge in [0.2, 0.25) is 0 Å². The molecule has 0 aliphatic heterocycles. The number of ether oxygens (including phenoxy) is 2. The first-order valence-corrected chi connectivity index (χ1v) is 7.89. The molecule has 0 fully saturated rings. The zero-order chi connectivity index (χ0) is 15.8. The summed E-state index contributed by atoms with van der Waals surface area (Å²) in [5, 5.41) is 5.81. The van der Waals surface area contributed by atoms with Crippen LogP contribution in [-0.4, -0.2) is 25.3 Å². The second kappa shape index (κ2) is 8.19. The van der Waals surface area contributed by atoms with Gasteiger partial charge < -0.3 is 9.47 Å². The third kappa shape index (κ3) is 4.33. The number of hydrogen-bond acceptors (Lipinski definition) is 5. The van der Waals surface area contributed by atoms with Crippen LogP contribution in [0.4, 0.5) is 0 Å². The maximum atomic E-state index is 11.7. The first-order chi connectivity index (χ1) is 10.7. The van der Waals surface area contributed by atoms with Crippen LogP contribution in [0.15, 0.2) is 40.8 Å². The molecule has 6 heteroatoms. The Labute approximate surface area is 133 Å². The Bertz CT molecular complexity index is 639. The summed E-state index contributed by atoms with van der Waals surface area (Å²) < 4.78 is 11.0. The van der Waals surface area contributed by atoms with Gasteiger partial charge in [-0.15, -0.1) is 11.3 Å². The van der Waals surface area contributed by atoms with Crippen molar-refractivity contribution in [1.29, 1.82) is 0 Å². The van der Waals surface area contributed by atoms with Gasteiger partial charge in [0.15, 0.2) is 11.5 Å². The first kappa shape index (κ1) is 16.0. The zero-order valence-electron chi connectivity index (χ0n) is 12.5. The molecule has 0 unspecified atom stereocenters. The monoisotopic (exact) mass is 318 g/mol. The van der Waals surface area contributed by atoms with Gasteiger partial charge in [0.25, 0.3) is 5.91 Å². The number of nitrogens with zero attached hydrogens (tertiary/aromatic N) is 1. The number of benzene rings is 1. The van der Waals surface area contributed by atoms with Gasteiger partial charge in [-0.1, -0.05) is 6.07 Å². The summed E-state index contributed by atoms with van der Waals surface area (Å²) in [5.41, 5.74) is 3.31. The number of hydrogen-bond donors (Lipinski definition) is 1. The number of rotatable bonds is 7. The van der Waals surface area contributed by atoms with Gasteiger partial charge in [-0.3, -0.25) is 4.79 Å². The highest BCUT2D eigenvalue weighted by Crippen LogP contribution is 2.27. The average Bonchev–Trinajstić information content (AvgIpc) is 3.04. The molecule has 0 bridgehead atoms. The van der Waals surface area contributed by atoms with E-state index in [1.54, 1.807) is 12.3 Å². The molecule has 0 aliphatic carbocycles. The van der Waals surface area contributed by atoms with Crippen LogP contribution in [0, 0.1) is 0 Å². The van der Waals surface area contributed by atoms with Crippen LogP contribution < -0.4 is 14.9 Å². The predicted molar refractivity (Wildman–Crippen MR) is 88.2 cm³/mol. The third-order valence-corrected chi connectivity index (χ3v) is 3.56. The van der Waals surface area contributed by atoms with E-state index in [0.29, 0.717) is 29.6 Å². The number of thiophene rings is 1. The molecule has 1 N–H and O–H groups in total. The van der Waals surface area contributed by atoms with Crippen molar-refractivity contribution < 1.29 is 14.3 Å². The fourth-order valence-corrected chi connectivity index (χ4v) is 2.39. The average molecular weight is 318 g/mol. The minimum atomic E-state index is -0.220. The lowest BCUT2D eigenvalue weighted by Gasteiger charge is -2.11. The fourth-order valence-electron chi connectivity index (χ4n) is 1.78. The molecule has 0 spiro atoms. The van der Waals surface area contributed by atoms with Crippen LogP contribution in [0.1, 0.15) is 29.1 Å². The summed E-state index contributed by atoms with van der Waals surface area (Å²) in [6, 6.07) is 9.09. The minimum Gasteiger partial charge on any atom is -0.490 e. The standard InChI is InChI=1S/C16H18N2O3S/c1-3-20-13-8-7-12(10-14(13)21-4-2)11-17-18-16(19)15-6-5-9-22-15/h5-11H,3-4H2,1-2H3,(H,18,19)/b17-11-. The van der Waals surface area contributed by atoms with Crippen LogP contribution in [0.2, 0.25) is 0 Å². The van der Waals surface area contributed by atoms with Gasteiger partial charge in [0.1, 0.15) is 0 Å². The largest absolute Gasteiger partial charge is 0.490 e. The van der Waals surface area contributed by atoms with Gasteiger partial charge >= 0.3 is 0 Å². The fraction of sp³-hybridized carbons (Fsp3) is 0.250. The lowest BCUT2D eigenvalue weighted by Crippen LogP contribution is -2.16. The molecule has 0 atom stereocenters. The van der Waals surface area contributed by atoms with E-state index in [-0.39, 0.29) is 5.91 Å². The number of amides is 1. The van der Waals surface area contributed by atoms with Gasteiger partial charge in [-0.25, -0.2) is 5.43 Å². The van der Waals surface area contributed by atoms with E-state index in [1.807, 2.05) is 43.5 Å². The summed E-state index contributed by atoms with van der Waals surface area (Å²) >= 11 is 1.37. The molecule has 1 amide bonds. The third-order valence-electron chi connectivity index (χ3n) is 2.69. The highest BCUT2D eigenvalue weighted by atomic mass is 32.1. The Kier molecular flexibility index (Phi) is 5.97. The maximum absolute atomic E-state index is 11.7. The summed E-state index contributed by atoms with van der Waals surface area (Å²) in [6.45, 7) is 4.96. The van der Waals surface area contributed by atoms with E-state index in [9.17, 15) is 4.79 Å². The molecule has 0 radical (unpaired) electrons. The lowest BCUT2D eigenvalue weighted by molar-refractivity contribution is 0.0959. The zero-order valence-corrected chi connectivity index (χ0v) is 13.4. The Hall–Kier alpha value is -2.34. The first-order valence-electron chi connectivity index (χ1n) is 7.01. The predicted octanol–water partition coefficient (Wildman–Crippen LogP) is 3.31. The van der Waals surface area contributed by atoms with Crippen molar-refractivity contribution in [3.8, 4) is 11.5 Å². The topological polar surface area (TPSA) is 59.9 Å². The van der Waals surface area contributed by atoms with Crippen LogP contribution in [0.5, 0.6) is 11.5 Å². The number of nitrogens with one attached hydrogen (secondary N) is 1. The second-order valence-electron chi connectivity index (χ2n) is 4.25. The van der Waals surface area contributed by atoms with Crippen LogP contribution >= 0.6 is 11.3 Å². The minimum absolute atomic E-state index is 0.220. The molecule has 0 aliphatic rings. The molecular weight excluding hydrogens is 300 g/mol. The van der Waals surface area contributed by atoms with Crippen LogP contribution in [0.25, 0.3) is 0 Å². The van der Waals surface area contributed by atoms with E-state index < -0.39 is 0 Å². The molecule has 2 aromatic rings. The van der Waals surface area contributed by atoms with Gasteiger partial charge in [-0.2, -0.15) is 5.10 Å².